The number of benzene rings is 2. The van der Waals surface area contributed by atoms with Crippen LogP contribution in [0.25, 0.3) is 0 Å². The van der Waals surface area contributed by atoms with Crippen molar-refractivity contribution in [3.8, 4) is 11.5 Å². The largest absolute Gasteiger partial charge is 0.457 e. The van der Waals surface area contributed by atoms with Gasteiger partial charge in [-0.3, -0.25) is 0 Å². The van der Waals surface area contributed by atoms with E-state index in [-0.39, 0.29) is 6.04 Å². The molecule has 0 aliphatic carbocycles. The van der Waals surface area contributed by atoms with Crippen LogP contribution in [0, 0.1) is 13.8 Å². The van der Waals surface area contributed by atoms with Crippen molar-refractivity contribution in [1.82, 2.24) is 0 Å². The van der Waals surface area contributed by atoms with Gasteiger partial charge in [0.2, 0.25) is 0 Å². The summed E-state index contributed by atoms with van der Waals surface area (Å²) in [6.07, 6.45) is 0.896. The standard InChI is InChI=1S/C17H21NO/c1-4-15(18)14-9-5-6-10-17(14)19-16-11-7-8-12(2)13(16)3/h5-11,15H,4,18H2,1-3H3/t15-/m1/s1. The van der Waals surface area contributed by atoms with E-state index in [1.165, 1.54) is 11.1 Å². The molecular formula is C17H21NO. The number of hydrogen-bond acceptors (Lipinski definition) is 2. The van der Waals surface area contributed by atoms with Gasteiger partial charge in [-0.05, 0) is 43.5 Å². The Morgan fingerprint density at radius 1 is 1.00 bits per heavy atom. The van der Waals surface area contributed by atoms with E-state index in [1.54, 1.807) is 0 Å². The molecule has 0 radical (unpaired) electrons. The molecule has 2 rings (SSSR count). The van der Waals surface area contributed by atoms with Gasteiger partial charge in [0.1, 0.15) is 11.5 Å². The van der Waals surface area contributed by atoms with Gasteiger partial charge in [-0.1, -0.05) is 37.3 Å². The van der Waals surface area contributed by atoms with E-state index in [9.17, 15) is 0 Å². The molecule has 0 spiro atoms. The van der Waals surface area contributed by atoms with Gasteiger partial charge in [0.05, 0.1) is 0 Å². The molecule has 0 fully saturated rings. The summed E-state index contributed by atoms with van der Waals surface area (Å²) in [7, 11) is 0. The van der Waals surface area contributed by atoms with Crippen molar-refractivity contribution in [3.63, 3.8) is 0 Å². The van der Waals surface area contributed by atoms with Crippen molar-refractivity contribution < 1.29 is 4.74 Å². The third-order valence-electron chi connectivity index (χ3n) is 3.53. The lowest BCUT2D eigenvalue weighted by atomic mass is 10.0. The van der Waals surface area contributed by atoms with Crippen LogP contribution in [0.3, 0.4) is 0 Å². The van der Waals surface area contributed by atoms with E-state index in [1.807, 2.05) is 36.4 Å². The van der Waals surface area contributed by atoms with Crippen molar-refractivity contribution >= 4 is 0 Å². The van der Waals surface area contributed by atoms with Gasteiger partial charge in [-0.15, -0.1) is 0 Å². The number of ether oxygens (including phenoxy) is 1. The Hall–Kier alpha value is -1.80. The maximum absolute atomic E-state index is 6.14. The number of rotatable bonds is 4. The molecule has 0 heterocycles. The van der Waals surface area contributed by atoms with Gasteiger partial charge < -0.3 is 10.5 Å². The van der Waals surface area contributed by atoms with Crippen molar-refractivity contribution in [3.05, 3.63) is 59.2 Å². The van der Waals surface area contributed by atoms with Crippen LogP contribution in [0.2, 0.25) is 0 Å². The molecule has 0 aliphatic rings. The van der Waals surface area contributed by atoms with Crippen LogP contribution >= 0.6 is 0 Å². The SMILES string of the molecule is CC[C@@H](N)c1ccccc1Oc1cccc(C)c1C. The molecule has 0 amide bonds. The average molecular weight is 255 g/mol. The summed E-state index contributed by atoms with van der Waals surface area (Å²) in [5, 5.41) is 0. The number of aryl methyl sites for hydroxylation is 1. The highest BCUT2D eigenvalue weighted by atomic mass is 16.5. The molecule has 1 atom stereocenters. The molecule has 2 heteroatoms. The van der Waals surface area contributed by atoms with E-state index in [0.29, 0.717) is 0 Å². The van der Waals surface area contributed by atoms with Gasteiger partial charge >= 0.3 is 0 Å². The predicted molar refractivity (Wildman–Crippen MR) is 79.7 cm³/mol. The second-order valence-electron chi connectivity index (χ2n) is 4.85. The van der Waals surface area contributed by atoms with Gasteiger partial charge in [0, 0.05) is 11.6 Å². The highest BCUT2D eigenvalue weighted by molar-refractivity contribution is 5.44. The van der Waals surface area contributed by atoms with E-state index in [0.717, 1.165) is 23.5 Å². The van der Waals surface area contributed by atoms with Crippen molar-refractivity contribution in [2.24, 2.45) is 5.73 Å². The monoisotopic (exact) mass is 255 g/mol. The second kappa shape index (κ2) is 5.89. The van der Waals surface area contributed by atoms with Gasteiger partial charge in [0.15, 0.2) is 0 Å². The van der Waals surface area contributed by atoms with Crippen molar-refractivity contribution in [2.45, 2.75) is 33.2 Å². The fraction of sp³-hybridized carbons (Fsp3) is 0.294. The first-order chi connectivity index (χ1) is 9.13. The molecular weight excluding hydrogens is 234 g/mol. The van der Waals surface area contributed by atoms with Crippen LogP contribution in [-0.4, -0.2) is 0 Å². The summed E-state index contributed by atoms with van der Waals surface area (Å²) in [5.41, 5.74) is 9.60. The molecule has 2 N–H and O–H groups in total. The molecule has 0 aliphatic heterocycles. The summed E-state index contributed by atoms with van der Waals surface area (Å²) in [5.74, 6) is 1.75. The van der Waals surface area contributed by atoms with Crippen LogP contribution in [-0.2, 0) is 0 Å². The minimum Gasteiger partial charge on any atom is -0.457 e. The van der Waals surface area contributed by atoms with E-state index >= 15 is 0 Å². The highest BCUT2D eigenvalue weighted by Gasteiger charge is 2.11. The average Bonchev–Trinajstić information content (AvgIpc) is 2.43. The van der Waals surface area contributed by atoms with Crippen LogP contribution in [0.5, 0.6) is 11.5 Å². The maximum atomic E-state index is 6.14. The number of para-hydroxylation sites is 1. The quantitative estimate of drug-likeness (QED) is 0.872. The smallest absolute Gasteiger partial charge is 0.132 e. The fourth-order valence-electron chi connectivity index (χ4n) is 2.05. The zero-order chi connectivity index (χ0) is 13.8. The molecule has 100 valence electrons. The van der Waals surface area contributed by atoms with Gasteiger partial charge in [-0.25, -0.2) is 0 Å². The highest BCUT2D eigenvalue weighted by Crippen LogP contribution is 2.32. The van der Waals surface area contributed by atoms with Crippen molar-refractivity contribution in [1.29, 1.82) is 0 Å². The lowest BCUT2D eigenvalue weighted by molar-refractivity contribution is 0.465. The third-order valence-corrected chi connectivity index (χ3v) is 3.53. The topological polar surface area (TPSA) is 35.2 Å². The molecule has 0 aromatic heterocycles. The van der Waals surface area contributed by atoms with Gasteiger partial charge in [-0.2, -0.15) is 0 Å². The Morgan fingerprint density at radius 3 is 2.42 bits per heavy atom. The molecule has 2 nitrogen and oxygen atoms in total. The Bertz CT molecular complexity index is 563. The predicted octanol–water partition coefficient (Wildman–Crippen LogP) is 4.51. The fourth-order valence-corrected chi connectivity index (χ4v) is 2.05. The zero-order valence-corrected chi connectivity index (χ0v) is 11.8. The summed E-state index contributed by atoms with van der Waals surface area (Å²) in [6.45, 7) is 6.25. The maximum Gasteiger partial charge on any atom is 0.132 e. The molecule has 0 saturated heterocycles. The Balaban J connectivity index is 2.36. The molecule has 0 saturated carbocycles. The number of hydrogen-bond donors (Lipinski definition) is 1. The first-order valence-electron chi connectivity index (χ1n) is 6.72. The number of nitrogens with two attached hydrogens (primary N) is 1. The van der Waals surface area contributed by atoms with E-state index in [4.69, 9.17) is 10.5 Å². The zero-order valence-electron chi connectivity index (χ0n) is 11.8. The third kappa shape index (κ3) is 2.96. The minimum atomic E-state index is 0.0151. The Labute approximate surface area is 115 Å². The molecule has 2 aromatic rings. The first-order valence-corrected chi connectivity index (χ1v) is 6.72. The van der Waals surface area contributed by atoms with E-state index < -0.39 is 0 Å². The normalized spacial score (nSPS) is 12.2. The molecule has 2 aromatic carbocycles. The van der Waals surface area contributed by atoms with Crippen LogP contribution in [0.4, 0.5) is 0 Å². The summed E-state index contributed by atoms with van der Waals surface area (Å²) >= 11 is 0. The Kier molecular flexibility index (Phi) is 4.23. The van der Waals surface area contributed by atoms with Crippen LogP contribution < -0.4 is 10.5 Å². The van der Waals surface area contributed by atoms with Crippen LogP contribution in [0.15, 0.2) is 42.5 Å². The Morgan fingerprint density at radius 2 is 1.68 bits per heavy atom. The van der Waals surface area contributed by atoms with Crippen LogP contribution in [0.1, 0.15) is 36.1 Å². The van der Waals surface area contributed by atoms with E-state index in [2.05, 4.69) is 26.8 Å². The molecule has 0 bridgehead atoms. The lowest BCUT2D eigenvalue weighted by Gasteiger charge is -2.17. The summed E-state index contributed by atoms with van der Waals surface area (Å²) in [4.78, 5) is 0. The molecule has 0 unspecified atom stereocenters. The summed E-state index contributed by atoms with van der Waals surface area (Å²) in [6, 6.07) is 14.1. The van der Waals surface area contributed by atoms with Gasteiger partial charge in [0.25, 0.3) is 0 Å². The first kappa shape index (κ1) is 13.6. The molecule has 19 heavy (non-hydrogen) atoms. The summed E-state index contributed by atoms with van der Waals surface area (Å²) < 4.78 is 6.06. The lowest BCUT2D eigenvalue weighted by Crippen LogP contribution is -2.09. The minimum absolute atomic E-state index is 0.0151. The second-order valence-corrected chi connectivity index (χ2v) is 4.85. The van der Waals surface area contributed by atoms with Crippen molar-refractivity contribution in [2.75, 3.05) is 0 Å².